The molecule has 6 rings (SSSR count). The molecule has 0 spiro atoms. The second-order valence-corrected chi connectivity index (χ2v) is 18.1. The first-order chi connectivity index (χ1) is 33.2. The van der Waals surface area contributed by atoms with Gasteiger partial charge in [-0.15, -0.1) is 17.8 Å². The highest BCUT2D eigenvalue weighted by Crippen LogP contribution is 2.48. The maximum atomic E-state index is 11.9. The summed E-state index contributed by atoms with van der Waals surface area (Å²) in [5, 5.41) is 9.74. The molecule has 7 nitrogen and oxygen atoms in total. The number of rotatable bonds is 24. The molecule has 3 aromatic heterocycles. The van der Waals surface area contributed by atoms with Crippen molar-refractivity contribution in [2.24, 2.45) is 0 Å². The summed E-state index contributed by atoms with van der Waals surface area (Å²) in [6, 6.07) is 29.4. The molecule has 8 heteroatoms. The van der Waals surface area contributed by atoms with Gasteiger partial charge in [0.1, 0.15) is 23.4 Å². The lowest BCUT2D eigenvalue weighted by Crippen LogP contribution is -2.01. The minimum absolute atomic E-state index is 0.222. The Morgan fingerprint density at radius 3 is 2.18 bits per heavy atom. The van der Waals surface area contributed by atoms with Crippen molar-refractivity contribution in [2.75, 3.05) is 13.2 Å². The topological polar surface area (TPSA) is 73.8 Å². The quantitative estimate of drug-likeness (QED) is 0.0283. The predicted octanol–water partition coefficient (Wildman–Crippen LogP) is 15.9. The molecule has 68 heavy (non-hydrogen) atoms. The second-order valence-electron chi connectivity index (χ2n) is 17.0. The summed E-state index contributed by atoms with van der Waals surface area (Å²) >= 11 is 1.47. The van der Waals surface area contributed by atoms with Crippen molar-refractivity contribution < 1.29 is 24.1 Å². The molecule has 3 aromatic carbocycles. The molecule has 348 valence electrons. The number of carbonyl (C=O) groups is 1. The molecule has 0 bridgehead atoms. The van der Waals surface area contributed by atoms with Gasteiger partial charge in [-0.3, -0.25) is 4.79 Å². The normalized spacial score (nSPS) is 11.4. The number of aryl methyl sites for hydroxylation is 1. The zero-order valence-electron chi connectivity index (χ0n) is 40.2. The van der Waals surface area contributed by atoms with Gasteiger partial charge in [-0.2, -0.15) is 0 Å². The number of benzene rings is 3. The van der Waals surface area contributed by atoms with Crippen LogP contribution in [0.4, 0.5) is 0 Å². The lowest BCUT2D eigenvalue weighted by molar-refractivity contribution is -0.132. The molecule has 0 aliphatic rings. The highest BCUT2D eigenvalue weighted by Gasteiger charge is 2.27. The summed E-state index contributed by atoms with van der Waals surface area (Å²) in [6.45, 7) is 19.8. The van der Waals surface area contributed by atoms with E-state index in [1.807, 2.05) is 31.2 Å². The average molecular weight is 923 g/mol. The van der Waals surface area contributed by atoms with Crippen LogP contribution in [0.1, 0.15) is 127 Å². The maximum Gasteiger partial charge on any atom is 0.333 e. The summed E-state index contributed by atoms with van der Waals surface area (Å²) in [4.78, 5) is 16.9. The van der Waals surface area contributed by atoms with Crippen molar-refractivity contribution in [3.8, 4) is 97.4 Å². The van der Waals surface area contributed by atoms with E-state index in [4.69, 9.17) is 27.2 Å². The van der Waals surface area contributed by atoms with Crippen LogP contribution in [0.25, 0.3) is 60.4 Å². The Kier molecular flexibility index (Phi) is 19.0. The number of thiophene rings is 1. The van der Waals surface area contributed by atoms with Crippen LogP contribution in [0.15, 0.2) is 96.8 Å². The SMILES string of the molecule is [C-]#[N+]/C(=C\c1ccc(-c2c(-c3ccc(-c4ccc(OCCCCCC)cc4OCCCCCC)cc3)c(C(CC)CCCC)c3cc(-c4ccc(C)cc4OC#CC#CC#C)ccn23)s1)C(=O)O. The smallest absolute Gasteiger partial charge is 0.333 e. The number of unbranched alkanes of at least 4 members (excludes halogenated alkanes) is 7. The van der Waals surface area contributed by atoms with E-state index in [2.05, 4.69) is 134 Å². The number of aliphatic carboxylic acids is 1. The third kappa shape index (κ3) is 12.9. The molecule has 0 aliphatic carbocycles. The van der Waals surface area contributed by atoms with Crippen molar-refractivity contribution in [3.63, 3.8) is 0 Å². The van der Waals surface area contributed by atoms with Gasteiger partial charge in [0.15, 0.2) is 0 Å². The van der Waals surface area contributed by atoms with Gasteiger partial charge >= 0.3 is 5.97 Å². The van der Waals surface area contributed by atoms with Crippen molar-refractivity contribution in [1.29, 1.82) is 0 Å². The fourth-order valence-corrected chi connectivity index (χ4v) is 9.55. The van der Waals surface area contributed by atoms with E-state index in [1.54, 1.807) is 0 Å². The van der Waals surface area contributed by atoms with Crippen LogP contribution >= 0.6 is 11.3 Å². The van der Waals surface area contributed by atoms with Crippen LogP contribution in [-0.2, 0) is 4.79 Å². The first kappa shape index (κ1) is 50.3. The van der Waals surface area contributed by atoms with Crippen molar-refractivity contribution in [1.82, 2.24) is 4.40 Å². The molecular formula is C60H62N2O5S. The number of aromatic nitrogens is 1. The zero-order chi connectivity index (χ0) is 48.3. The first-order valence-corrected chi connectivity index (χ1v) is 24.9. The minimum Gasteiger partial charge on any atom is -0.493 e. The van der Waals surface area contributed by atoms with Crippen LogP contribution in [0.3, 0.4) is 0 Å². The Morgan fingerprint density at radius 1 is 0.779 bits per heavy atom. The van der Waals surface area contributed by atoms with Crippen molar-refractivity contribution >= 4 is 28.9 Å². The molecule has 0 saturated carbocycles. The Bertz CT molecular complexity index is 2920. The number of terminal acetylenes is 1. The zero-order valence-corrected chi connectivity index (χ0v) is 41.0. The molecule has 0 saturated heterocycles. The number of hydrogen-bond acceptors (Lipinski definition) is 5. The van der Waals surface area contributed by atoms with Crippen LogP contribution in [0, 0.1) is 49.7 Å². The number of ether oxygens (including phenoxy) is 3. The average Bonchev–Trinajstić information content (AvgIpc) is 3.95. The molecule has 0 amide bonds. The summed E-state index contributed by atoms with van der Waals surface area (Å²) in [7, 11) is 0. The number of nitrogens with zero attached hydrogens (tertiary/aromatic N) is 2. The predicted molar refractivity (Wildman–Crippen MR) is 281 cm³/mol. The summed E-state index contributed by atoms with van der Waals surface area (Å²) in [6.07, 6.45) is 24.7. The molecule has 1 atom stereocenters. The van der Waals surface area contributed by atoms with E-state index in [9.17, 15) is 9.90 Å². The lowest BCUT2D eigenvalue weighted by Gasteiger charge is -2.18. The third-order valence-electron chi connectivity index (χ3n) is 12.1. The molecule has 0 fully saturated rings. The second kappa shape index (κ2) is 25.7. The fraction of sp³-hybridized carbons (Fsp3) is 0.333. The monoisotopic (exact) mass is 922 g/mol. The van der Waals surface area contributed by atoms with Crippen molar-refractivity contribution in [2.45, 2.75) is 118 Å². The van der Waals surface area contributed by atoms with Gasteiger partial charge in [0.05, 0.1) is 35.9 Å². The van der Waals surface area contributed by atoms with E-state index >= 15 is 0 Å². The van der Waals surface area contributed by atoms with E-state index < -0.39 is 5.97 Å². The number of hydrogen-bond donors (Lipinski definition) is 1. The standard InChI is InChI=1S/C60H62N2O5S/c1-8-13-17-20-36-65-48-29-32-50(55(41-48)67-38-22-19-15-10-3)45-25-27-46(28-26-45)58-57(44(12-5)23-16-11-4)53-40-47(51-31-24-43(6)39-54(51)66-37-21-18-14-9-2)34-35-62(53)59(58)56-33-30-49(68-56)42-52(61-7)60(63)64/h2,24-35,39-42,44H,8,10-13,15-17,19-20,22-23,36,38H2,1,3-6H3,(H,63,64)/b52-42-. The summed E-state index contributed by atoms with van der Waals surface area (Å²) < 4.78 is 21.1. The van der Waals surface area contributed by atoms with Gasteiger partial charge in [-0.05, 0) is 127 Å². The fourth-order valence-electron chi connectivity index (χ4n) is 8.55. The first-order valence-electron chi connectivity index (χ1n) is 24.1. The molecule has 1 N–H and O–H groups in total. The minimum atomic E-state index is -1.25. The van der Waals surface area contributed by atoms with E-state index in [0.29, 0.717) is 23.8 Å². The molecular weight excluding hydrogens is 861 g/mol. The Morgan fingerprint density at radius 2 is 1.49 bits per heavy atom. The van der Waals surface area contributed by atoms with E-state index in [0.717, 1.165) is 118 Å². The highest BCUT2D eigenvalue weighted by molar-refractivity contribution is 7.16. The Labute approximate surface area is 408 Å². The highest BCUT2D eigenvalue weighted by atomic mass is 32.1. The number of carboxylic acids is 1. The molecule has 0 aliphatic heterocycles. The number of carboxylic acid groups (broad SMARTS) is 1. The largest absolute Gasteiger partial charge is 0.493 e. The van der Waals surface area contributed by atoms with E-state index in [1.165, 1.54) is 48.7 Å². The van der Waals surface area contributed by atoms with Gasteiger partial charge in [0, 0.05) is 45.7 Å². The number of pyridine rings is 1. The van der Waals surface area contributed by atoms with Gasteiger partial charge in [0.2, 0.25) is 0 Å². The summed E-state index contributed by atoms with van der Waals surface area (Å²) in [5.41, 5.74) is 10.1. The molecule has 1 unspecified atom stereocenters. The maximum absolute atomic E-state index is 11.9. The van der Waals surface area contributed by atoms with Gasteiger partial charge in [0.25, 0.3) is 5.70 Å². The van der Waals surface area contributed by atoms with Gasteiger partial charge < -0.3 is 23.7 Å². The third-order valence-corrected chi connectivity index (χ3v) is 13.1. The van der Waals surface area contributed by atoms with Crippen LogP contribution in [0.5, 0.6) is 17.2 Å². The van der Waals surface area contributed by atoms with Crippen LogP contribution < -0.4 is 14.2 Å². The van der Waals surface area contributed by atoms with E-state index in [-0.39, 0.29) is 11.6 Å². The Balaban J connectivity index is 1.54. The lowest BCUT2D eigenvalue weighted by atomic mass is 9.85. The van der Waals surface area contributed by atoms with Crippen LogP contribution in [-0.4, -0.2) is 28.7 Å². The van der Waals surface area contributed by atoms with Crippen LogP contribution in [0.2, 0.25) is 0 Å². The number of fused-ring (bicyclic) bond motifs is 1. The van der Waals surface area contributed by atoms with Crippen molar-refractivity contribution in [3.05, 3.63) is 124 Å². The van der Waals surface area contributed by atoms with Gasteiger partial charge in [-0.1, -0.05) is 115 Å². The Hall–Kier alpha value is -7.10. The summed E-state index contributed by atoms with van der Waals surface area (Å²) in [5.74, 6) is 11.3. The molecule has 0 radical (unpaired) electrons. The molecule has 3 heterocycles. The van der Waals surface area contributed by atoms with Gasteiger partial charge in [-0.25, -0.2) is 4.85 Å². The molecule has 6 aromatic rings.